The molecule has 0 unspecified atom stereocenters. The van der Waals surface area contributed by atoms with Crippen LogP contribution >= 0.6 is 27.5 Å². The zero-order valence-electron chi connectivity index (χ0n) is 8.60. The zero-order valence-corrected chi connectivity index (χ0v) is 10.9. The largest absolute Gasteiger partial charge is 0.335 e. The molecule has 0 amide bonds. The van der Waals surface area contributed by atoms with E-state index in [0.29, 0.717) is 6.07 Å². The van der Waals surface area contributed by atoms with Crippen LogP contribution in [-0.2, 0) is 0 Å². The lowest BCUT2D eigenvalue weighted by Crippen LogP contribution is -2.10. The number of nitrogens with one attached hydrogen (secondary N) is 2. The van der Waals surface area contributed by atoms with Gasteiger partial charge in [0, 0.05) is 6.07 Å². The molecule has 4 nitrogen and oxygen atoms in total. The molecule has 2 rings (SSSR count). The number of nitrogens with zero attached hydrogens (tertiary/aromatic N) is 1. The van der Waals surface area contributed by atoms with Gasteiger partial charge in [-0.25, -0.2) is 13.8 Å². The molecule has 1 aromatic carbocycles. The third-order valence-corrected chi connectivity index (χ3v) is 3.08. The van der Waals surface area contributed by atoms with E-state index in [1.54, 1.807) is 0 Å². The molecule has 94 valence electrons. The van der Waals surface area contributed by atoms with Crippen molar-refractivity contribution in [1.82, 2.24) is 9.97 Å². The van der Waals surface area contributed by atoms with Crippen molar-refractivity contribution >= 4 is 39.0 Å². The Labute approximate surface area is 113 Å². The van der Waals surface area contributed by atoms with Crippen LogP contribution in [0.2, 0.25) is 5.02 Å². The Morgan fingerprint density at radius 1 is 1.39 bits per heavy atom. The minimum Gasteiger partial charge on any atom is -0.335 e. The van der Waals surface area contributed by atoms with E-state index in [9.17, 15) is 13.6 Å². The van der Waals surface area contributed by atoms with E-state index in [1.807, 2.05) is 0 Å². The molecule has 0 aliphatic rings. The van der Waals surface area contributed by atoms with Crippen LogP contribution in [0, 0.1) is 11.6 Å². The van der Waals surface area contributed by atoms with E-state index in [4.69, 9.17) is 11.6 Å². The van der Waals surface area contributed by atoms with Crippen molar-refractivity contribution in [2.75, 3.05) is 5.32 Å². The van der Waals surface area contributed by atoms with Crippen LogP contribution < -0.4 is 10.9 Å². The Balaban J connectivity index is 2.47. The van der Waals surface area contributed by atoms with Crippen molar-refractivity contribution in [3.8, 4) is 0 Å². The zero-order chi connectivity index (χ0) is 13.3. The fraction of sp³-hybridized carbons (Fsp3) is 0. The van der Waals surface area contributed by atoms with Crippen LogP contribution in [0.25, 0.3) is 0 Å². The lowest BCUT2D eigenvalue weighted by Gasteiger charge is -2.09. The van der Waals surface area contributed by atoms with Gasteiger partial charge in [0.1, 0.15) is 10.3 Å². The molecule has 0 radical (unpaired) electrons. The highest BCUT2D eigenvalue weighted by molar-refractivity contribution is 9.10. The summed E-state index contributed by atoms with van der Waals surface area (Å²) in [5.41, 5.74) is -0.594. The molecule has 0 fully saturated rings. The van der Waals surface area contributed by atoms with Gasteiger partial charge in [-0.15, -0.1) is 0 Å². The highest BCUT2D eigenvalue weighted by atomic mass is 79.9. The topological polar surface area (TPSA) is 57.8 Å². The van der Waals surface area contributed by atoms with Gasteiger partial charge in [0.05, 0.1) is 17.0 Å². The van der Waals surface area contributed by atoms with Crippen molar-refractivity contribution in [1.29, 1.82) is 0 Å². The second-order valence-electron chi connectivity index (χ2n) is 3.26. The second-order valence-corrected chi connectivity index (χ2v) is 4.46. The maximum Gasteiger partial charge on any atom is 0.267 e. The molecular formula is C10H5BrClF2N3O. The Kier molecular flexibility index (Phi) is 3.63. The summed E-state index contributed by atoms with van der Waals surface area (Å²) < 4.78 is 26.5. The monoisotopic (exact) mass is 335 g/mol. The highest BCUT2D eigenvalue weighted by Crippen LogP contribution is 2.30. The third kappa shape index (κ3) is 2.51. The van der Waals surface area contributed by atoms with Crippen LogP contribution in [0.5, 0.6) is 0 Å². The number of hydrogen-bond acceptors (Lipinski definition) is 3. The maximum atomic E-state index is 13.5. The van der Waals surface area contributed by atoms with Gasteiger partial charge in [0.25, 0.3) is 5.56 Å². The second kappa shape index (κ2) is 5.03. The minimum atomic E-state index is -0.881. The normalized spacial score (nSPS) is 10.4. The predicted molar refractivity (Wildman–Crippen MR) is 67.2 cm³/mol. The summed E-state index contributed by atoms with van der Waals surface area (Å²) in [7, 11) is 0. The summed E-state index contributed by atoms with van der Waals surface area (Å²) in [4.78, 5) is 17.4. The fourth-order valence-electron chi connectivity index (χ4n) is 1.25. The molecule has 0 saturated heterocycles. The smallest absolute Gasteiger partial charge is 0.267 e. The van der Waals surface area contributed by atoms with E-state index in [0.717, 1.165) is 12.4 Å². The molecule has 0 saturated carbocycles. The van der Waals surface area contributed by atoms with E-state index >= 15 is 0 Å². The number of benzene rings is 1. The predicted octanol–water partition coefficient (Wildman–Crippen LogP) is 3.21. The number of aromatic amines is 1. The van der Waals surface area contributed by atoms with Crippen molar-refractivity contribution in [3.63, 3.8) is 0 Å². The molecule has 2 aromatic rings. The van der Waals surface area contributed by atoms with Crippen molar-refractivity contribution in [3.05, 3.63) is 49.9 Å². The van der Waals surface area contributed by atoms with Crippen LogP contribution in [0.3, 0.4) is 0 Å². The van der Waals surface area contributed by atoms with E-state index in [-0.39, 0.29) is 21.0 Å². The van der Waals surface area contributed by atoms with Gasteiger partial charge in [-0.05, 0) is 22.0 Å². The number of rotatable bonds is 2. The molecule has 0 spiro atoms. The van der Waals surface area contributed by atoms with Crippen LogP contribution in [0.4, 0.5) is 20.3 Å². The molecule has 1 aromatic heterocycles. The molecular weight excluding hydrogens is 331 g/mol. The first-order valence-electron chi connectivity index (χ1n) is 4.64. The quantitative estimate of drug-likeness (QED) is 0.885. The van der Waals surface area contributed by atoms with Crippen molar-refractivity contribution in [2.24, 2.45) is 0 Å². The lowest BCUT2D eigenvalue weighted by molar-refractivity contribution is 0.586. The number of H-pyrrole nitrogens is 1. The molecule has 18 heavy (non-hydrogen) atoms. The van der Waals surface area contributed by atoms with E-state index in [1.165, 1.54) is 0 Å². The van der Waals surface area contributed by atoms with Gasteiger partial charge in [0.15, 0.2) is 11.6 Å². The van der Waals surface area contributed by atoms with Crippen LogP contribution in [0.15, 0.2) is 27.7 Å². The number of aromatic nitrogens is 2. The van der Waals surface area contributed by atoms with Crippen LogP contribution in [0.1, 0.15) is 0 Å². The summed E-state index contributed by atoms with van der Waals surface area (Å²) in [5, 5.41) is 2.37. The molecule has 2 N–H and O–H groups in total. The minimum absolute atomic E-state index is 0.0751. The fourth-order valence-corrected chi connectivity index (χ4v) is 1.81. The Hall–Kier alpha value is -1.47. The molecule has 0 bridgehead atoms. The van der Waals surface area contributed by atoms with Crippen molar-refractivity contribution in [2.45, 2.75) is 0 Å². The Morgan fingerprint density at radius 3 is 2.78 bits per heavy atom. The maximum absolute atomic E-state index is 13.5. The third-order valence-electron chi connectivity index (χ3n) is 2.05. The summed E-state index contributed by atoms with van der Waals surface area (Å²) in [6.45, 7) is 0. The standard InChI is InChI=1S/C10H5BrClF2N3O/c11-7-9(15-3-16-10(7)18)17-8-5(12)1-4(13)2-6(8)14/h1-3H,(H2,15,16,17,18). The van der Waals surface area contributed by atoms with Gasteiger partial charge < -0.3 is 10.3 Å². The van der Waals surface area contributed by atoms with Gasteiger partial charge >= 0.3 is 0 Å². The highest BCUT2D eigenvalue weighted by Gasteiger charge is 2.13. The summed E-state index contributed by atoms with van der Waals surface area (Å²) in [6, 6.07) is 1.63. The first-order chi connectivity index (χ1) is 8.49. The van der Waals surface area contributed by atoms with Crippen molar-refractivity contribution < 1.29 is 8.78 Å². The summed E-state index contributed by atoms with van der Waals surface area (Å²) in [6.07, 6.45) is 1.14. The first kappa shape index (κ1) is 13.0. The molecule has 0 aliphatic heterocycles. The molecule has 0 aliphatic carbocycles. The van der Waals surface area contributed by atoms with Gasteiger partial charge in [0.2, 0.25) is 0 Å². The van der Waals surface area contributed by atoms with E-state index in [2.05, 4.69) is 31.2 Å². The first-order valence-corrected chi connectivity index (χ1v) is 5.81. The molecule has 1 heterocycles. The average Bonchev–Trinajstić information content (AvgIpc) is 2.28. The number of anilines is 2. The Morgan fingerprint density at radius 2 is 2.11 bits per heavy atom. The molecule has 8 heteroatoms. The average molecular weight is 337 g/mol. The van der Waals surface area contributed by atoms with E-state index < -0.39 is 17.2 Å². The van der Waals surface area contributed by atoms with Crippen LogP contribution in [-0.4, -0.2) is 9.97 Å². The lowest BCUT2D eigenvalue weighted by atomic mass is 10.3. The summed E-state index contributed by atoms with van der Waals surface area (Å²) in [5.74, 6) is -1.60. The number of halogens is 4. The van der Waals surface area contributed by atoms with Gasteiger partial charge in [-0.1, -0.05) is 11.6 Å². The summed E-state index contributed by atoms with van der Waals surface area (Å²) >= 11 is 8.70. The van der Waals surface area contributed by atoms with Gasteiger partial charge in [-0.3, -0.25) is 4.79 Å². The SMILES string of the molecule is O=c1[nH]cnc(Nc2c(F)cc(F)cc2Cl)c1Br. The van der Waals surface area contributed by atoms with Gasteiger partial charge in [-0.2, -0.15) is 0 Å². The number of hydrogen-bond donors (Lipinski definition) is 2. The molecule has 0 atom stereocenters. The Bertz CT molecular complexity index is 639.